The molecule has 1 heterocycles. The molecular weight excluding hydrogens is 492 g/mol. The number of benzene rings is 2. The molecule has 3 rings (SSSR count). The van der Waals surface area contributed by atoms with Gasteiger partial charge >= 0.3 is 5.69 Å². The van der Waals surface area contributed by atoms with Crippen molar-refractivity contribution in [3.8, 4) is 5.88 Å². The maximum absolute atomic E-state index is 14.5. The standard InChI is InChI=1S/C22H16F8N2O3/c23-14-1-12(2-15(24)5-14)8-21(27,28)10-31-18(33)7-19(34)32(20(31)35)11-22(29,30)9-13-3-16(25)6-17(26)4-13/h1-7,33H,8-11H2. The van der Waals surface area contributed by atoms with Gasteiger partial charge in [0.1, 0.15) is 23.3 Å². The molecule has 13 heteroatoms. The van der Waals surface area contributed by atoms with Crippen LogP contribution in [-0.2, 0) is 25.9 Å². The Balaban J connectivity index is 1.89. The summed E-state index contributed by atoms with van der Waals surface area (Å²) < 4.78 is 111. The summed E-state index contributed by atoms with van der Waals surface area (Å²) in [6, 6.07) is 3.63. The van der Waals surface area contributed by atoms with Gasteiger partial charge < -0.3 is 5.11 Å². The second kappa shape index (κ2) is 9.55. The van der Waals surface area contributed by atoms with Crippen LogP contribution in [0.15, 0.2) is 52.1 Å². The highest BCUT2D eigenvalue weighted by Crippen LogP contribution is 2.25. The largest absolute Gasteiger partial charge is 0.494 e. The van der Waals surface area contributed by atoms with Crippen molar-refractivity contribution in [2.75, 3.05) is 0 Å². The Kier molecular flexibility index (Phi) is 7.08. The molecule has 1 aromatic heterocycles. The summed E-state index contributed by atoms with van der Waals surface area (Å²) in [5, 5.41) is 9.83. The fourth-order valence-electron chi connectivity index (χ4n) is 3.50. The van der Waals surface area contributed by atoms with Crippen LogP contribution in [0.1, 0.15) is 11.1 Å². The molecule has 5 nitrogen and oxygen atoms in total. The van der Waals surface area contributed by atoms with E-state index in [1.165, 1.54) is 0 Å². The molecule has 0 fully saturated rings. The Morgan fingerprint density at radius 3 is 1.40 bits per heavy atom. The lowest BCUT2D eigenvalue weighted by molar-refractivity contribution is -0.0247. The topological polar surface area (TPSA) is 64.2 Å². The fourth-order valence-corrected chi connectivity index (χ4v) is 3.50. The normalized spacial score (nSPS) is 12.2. The molecule has 0 amide bonds. The lowest BCUT2D eigenvalue weighted by Gasteiger charge is -2.21. The molecule has 0 spiro atoms. The fraction of sp³-hybridized carbons (Fsp3) is 0.273. The maximum Gasteiger partial charge on any atom is 0.334 e. The number of nitrogens with zero attached hydrogens (tertiary/aromatic N) is 2. The Morgan fingerprint density at radius 2 is 1.00 bits per heavy atom. The van der Waals surface area contributed by atoms with Crippen LogP contribution in [0.3, 0.4) is 0 Å². The minimum atomic E-state index is -3.93. The number of aromatic nitrogens is 2. The lowest BCUT2D eigenvalue weighted by Crippen LogP contribution is -2.46. The molecule has 0 saturated heterocycles. The van der Waals surface area contributed by atoms with E-state index in [2.05, 4.69) is 0 Å². The molecule has 0 aliphatic heterocycles. The number of hydrogen-bond acceptors (Lipinski definition) is 3. The van der Waals surface area contributed by atoms with Crippen LogP contribution in [0.2, 0.25) is 0 Å². The van der Waals surface area contributed by atoms with E-state index in [0.717, 1.165) is 0 Å². The van der Waals surface area contributed by atoms with Crippen LogP contribution >= 0.6 is 0 Å². The average Bonchev–Trinajstić information content (AvgIpc) is 2.66. The van der Waals surface area contributed by atoms with Crippen molar-refractivity contribution in [3.63, 3.8) is 0 Å². The first-order valence-corrected chi connectivity index (χ1v) is 9.83. The van der Waals surface area contributed by atoms with Crippen LogP contribution in [-0.4, -0.2) is 26.1 Å². The minimum absolute atomic E-state index is 0.0466. The summed E-state index contributed by atoms with van der Waals surface area (Å²) in [4.78, 5) is 24.6. The molecule has 0 unspecified atom stereocenters. The van der Waals surface area contributed by atoms with Gasteiger partial charge in [-0.25, -0.2) is 39.9 Å². The van der Waals surface area contributed by atoms with Gasteiger partial charge in [-0.05, 0) is 35.4 Å². The van der Waals surface area contributed by atoms with Crippen LogP contribution in [0.5, 0.6) is 5.88 Å². The van der Waals surface area contributed by atoms with Crippen LogP contribution in [0.25, 0.3) is 0 Å². The first-order valence-electron chi connectivity index (χ1n) is 9.83. The van der Waals surface area contributed by atoms with Crippen molar-refractivity contribution in [3.05, 3.63) is 97.7 Å². The van der Waals surface area contributed by atoms with E-state index >= 15 is 0 Å². The molecule has 1 N–H and O–H groups in total. The Bertz CT molecular complexity index is 1330. The monoisotopic (exact) mass is 508 g/mol. The molecule has 3 aromatic rings. The predicted molar refractivity (Wildman–Crippen MR) is 107 cm³/mol. The van der Waals surface area contributed by atoms with Crippen molar-refractivity contribution in [2.45, 2.75) is 37.8 Å². The summed E-state index contributed by atoms with van der Waals surface area (Å²) in [7, 11) is 0. The average molecular weight is 508 g/mol. The van der Waals surface area contributed by atoms with Crippen LogP contribution in [0.4, 0.5) is 35.1 Å². The van der Waals surface area contributed by atoms with E-state index in [-0.39, 0.29) is 15.2 Å². The van der Waals surface area contributed by atoms with Crippen molar-refractivity contribution >= 4 is 0 Å². The summed E-state index contributed by atoms with van der Waals surface area (Å²) >= 11 is 0. The zero-order valence-electron chi connectivity index (χ0n) is 17.6. The lowest BCUT2D eigenvalue weighted by atomic mass is 10.1. The quantitative estimate of drug-likeness (QED) is 0.468. The number of alkyl halides is 4. The highest BCUT2D eigenvalue weighted by molar-refractivity contribution is 5.20. The molecule has 0 bridgehead atoms. The zero-order valence-corrected chi connectivity index (χ0v) is 17.6. The third-order valence-corrected chi connectivity index (χ3v) is 4.81. The van der Waals surface area contributed by atoms with Gasteiger partial charge in [0.05, 0.1) is 19.2 Å². The smallest absolute Gasteiger partial charge is 0.334 e. The van der Waals surface area contributed by atoms with E-state index < -0.39 is 89.3 Å². The van der Waals surface area contributed by atoms with Gasteiger partial charge in [-0.1, -0.05) is 0 Å². The third-order valence-electron chi connectivity index (χ3n) is 4.81. The van der Waals surface area contributed by atoms with Crippen molar-refractivity contribution < 1.29 is 40.2 Å². The number of rotatable bonds is 8. The third kappa shape index (κ3) is 6.70. The minimum Gasteiger partial charge on any atom is -0.494 e. The Morgan fingerprint density at radius 1 is 0.629 bits per heavy atom. The number of halogens is 8. The molecule has 188 valence electrons. The van der Waals surface area contributed by atoms with Gasteiger partial charge in [-0.15, -0.1) is 0 Å². The summed E-state index contributed by atoms with van der Waals surface area (Å²) in [6.07, 6.45) is -2.58. The molecule has 0 aliphatic carbocycles. The summed E-state index contributed by atoms with van der Waals surface area (Å²) in [5.41, 5.74) is -4.13. The van der Waals surface area contributed by atoms with Crippen molar-refractivity contribution in [1.29, 1.82) is 0 Å². The highest BCUT2D eigenvalue weighted by Gasteiger charge is 2.35. The van der Waals surface area contributed by atoms with Gasteiger partial charge in [0.15, 0.2) is 0 Å². The Labute approximate surface area is 191 Å². The van der Waals surface area contributed by atoms with E-state index in [1.54, 1.807) is 0 Å². The molecule has 0 atom stereocenters. The van der Waals surface area contributed by atoms with Gasteiger partial charge in [-0.3, -0.25) is 13.9 Å². The van der Waals surface area contributed by atoms with E-state index in [4.69, 9.17) is 0 Å². The van der Waals surface area contributed by atoms with Gasteiger partial charge in [0, 0.05) is 25.0 Å². The number of hydrogen-bond donors (Lipinski definition) is 1. The van der Waals surface area contributed by atoms with Gasteiger partial charge in [0.2, 0.25) is 5.88 Å². The SMILES string of the molecule is O=c1cc(O)n(CC(F)(F)Cc2cc(F)cc(F)c2)c(=O)n1CC(F)(F)Cc1cc(F)cc(F)c1. The second-order valence-electron chi connectivity index (χ2n) is 7.92. The van der Waals surface area contributed by atoms with E-state index in [1.807, 2.05) is 0 Å². The molecule has 2 aromatic carbocycles. The first kappa shape index (κ1) is 26.0. The van der Waals surface area contributed by atoms with Crippen LogP contribution in [0, 0.1) is 23.3 Å². The first-order chi connectivity index (χ1) is 16.1. The molecule has 35 heavy (non-hydrogen) atoms. The molecule has 0 saturated carbocycles. The second-order valence-corrected chi connectivity index (χ2v) is 7.92. The maximum atomic E-state index is 14.5. The zero-order chi connectivity index (χ0) is 26.1. The van der Waals surface area contributed by atoms with Crippen molar-refractivity contribution in [1.82, 2.24) is 9.13 Å². The van der Waals surface area contributed by atoms with Gasteiger partial charge in [0.25, 0.3) is 17.4 Å². The van der Waals surface area contributed by atoms with Crippen molar-refractivity contribution in [2.24, 2.45) is 0 Å². The Hall–Kier alpha value is -3.64. The molecular formula is C22H16F8N2O3. The predicted octanol–water partition coefficient (Wildman–Crippen LogP) is 4.03. The van der Waals surface area contributed by atoms with Gasteiger partial charge in [-0.2, -0.15) is 0 Å². The molecule has 0 aliphatic rings. The number of aromatic hydroxyl groups is 1. The summed E-state index contributed by atoms with van der Waals surface area (Å²) in [6.45, 7) is -3.26. The van der Waals surface area contributed by atoms with Crippen LogP contribution < -0.4 is 11.2 Å². The van der Waals surface area contributed by atoms with E-state index in [0.29, 0.717) is 36.4 Å². The summed E-state index contributed by atoms with van der Waals surface area (Å²) in [5.74, 6) is -13.6. The van der Waals surface area contributed by atoms with E-state index in [9.17, 15) is 49.8 Å². The highest BCUT2D eigenvalue weighted by atomic mass is 19.3. The molecule has 0 radical (unpaired) electrons.